The highest BCUT2D eigenvalue weighted by molar-refractivity contribution is 7.89. The quantitative estimate of drug-likeness (QED) is 0.586. The molecular weight excluding hydrogens is 408 g/mol. The largest absolute Gasteiger partial charge is 0.354 e. The Balaban J connectivity index is 1.46. The Kier molecular flexibility index (Phi) is 6.34. The van der Waals surface area contributed by atoms with Crippen molar-refractivity contribution >= 4 is 15.8 Å². The fourth-order valence-electron chi connectivity index (χ4n) is 3.95. The van der Waals surface area contributed by atoms with Crippen molar-refractivity contribution in [2.45, 2.75) is 31.6 Å². The maximum Gasteiger partial charge on any atom is 0.243 e. The molecule has 1 fully saturated rings. The van der Waals surface area contributed by atoms with E-state index < -0.39 is 10.0 Å². The number of benzene rings is 2. The van der Waals surface area contributed by atoms with Crippen LogP contribution < -0.4 is 4.90 Å². The van der Waals surface area contributed by atoms with Gasteiger partial charge in [0.15, 0.2) is 0 Å². The molecule has 4 rings (SSSR count). The molecule has 6 nitrogen and oxygen atoms in total. The molecule has 0 radical (unpaired) electrons. The van der Waals surface area contributed by atoms with Gasteiger partial charge in [0.05, 0.1) is 10.6 Å². The summed E-state index contributed by atoms with van der Waals surface area (Å²) < 4.78 is 27.7. The van der Waals surface area contributed by atoms with Crippen molar-refractivity contribution < 1.29 is 8.42 Å². The first-order valence-electron chi connectivity index (χ1n) is 10.7. The minimum atomic E-state index is -3.48. The number of aryl methyl sites for hydroxylation is 2. The molecule has 7 heteroatoms. The maximum atomic E-state index is 13.1. The molecule has 0 bridgehead atoms. The lowest BCUT2D eigenvalue weighted by Crippen LogP contribution is -2.48. The zero-order chi connectivity index (χ0) is 21.8. The van der Waals surface area contributed by atoms with Gasteiger partial charge >= 0.3 is 0 Å². The van der Waals surface area contributed by atoms with Crippen molar-refractivity contribution in [2.75, 3.05) is 31.1 Å². The van der Waals surface area contributed by atoms with E-state index >= 15 is 0 Å². The second kappa shape index (κ2) is 9.16. The minimum absolute atomic E-state index is 0.365. The van der Waals surface area contributed by atoms with Crippen LogP contribution in [0.15, 0.2) is 65.8 Å². The summed E-state index contributed by atoms with van der Waals surface area (Å²) in [6, 6.07) is 17.4. The average Bonchev–Trinajstić information content (AvgIpc) is 2.80. The van der Waals surface area contributed by atoms with Crippen LogP contribution in [0.1, 0.15) is 24.5 Å². The van der Waals surface area contributed by atoms with E-state index in [0.29, 0.717) is 31.1 Å². The van der Waals surface area contributed by atoms with E-state index in [4.69, 9.17) is 0 Å². The third-order valence-electron chi connectivity index (χ3n) is 5.74. The minimum Gasteiger partial charge on any atom is -0.354 e. The van der Waals surface area contributed by atoms with Crippen molar-refractivity contribution in [3.63, 3.8) is 0 Å². The Hall–Kier alpha value is -2.77. The Morgan fingerprint density at radius 1 is 0.935 bits per heavy atom. The molecule has 2 aromatic carbocycles. The van der Waals surface area contributed by atoms with Crippen molar-refractivity contribution in [3.8, 4) is 11.3 Å². The van der Waals surface area contributed by atoms with Crippen LogP contribution in [0.25, 0.3) is 11.3 Å². The summed E-state index contributed by atoms with van der Waals surface area (Å²) in [5, 5.41) is 0. The van der Waals surface area contributed by atoms with Gasteiger partial charge in [-0.15, -0.1) is 0 Å². The molecule has 3 aromatic rings. The number of sulfonamides is 1. The molecule has 1 saturated heterocycles. The molecule has 0 aliphatic carbocycles. The SMILES string of the molecule is CCCc1ccc(S(=O)(=O)N2CCN(c3cc(-c4ccccc4C)ncn3)CC2)cc1. The predicted octanol–water partition coefficient (Wildman–Crippen LogP) is 3.92. The highest BCUT2D eigenvalue weighted by atomic mass is 32.2. The number of rotatable bonds is 6. The Morgan fingerprint density at radius 3 is 2.32 bits per heavy atom. The Labute approximate surface area is 184 Å². The van der Waals surface area contributed by atoms with Gasteiger partial charge in [-0.25, -0.2) is 18.4 Å². The van der Waals surface area contributed by atoms with Gasteiger partial charge in [-0.05, 0) is 36.6 Å². The first kappa shape index (κ1) is 21.5. The summed E-state index contributed by atoms with van der Waals surface area (Å²) in [6.45, 7) is 6.24. The molecule has 0 saturated carbocycles. The molecule has 162 valence electrons. The lowest BCUT2D eigenvalue weighted by molar-refractivity contribution is 0.384. The van der Waals surface area contributed by atoms with Crippen LogP contribution in [-0.4, -0.2) is 48.9 Å². The van der Waals surface area contributed by atoms with Gasteiger partial charge < -0.3 is 4.90 Å². The average molecular weight is 437 g/mol. The van der Waals surface area contributed by atoms with E-state index in [1.807, 2.05) is 30.3 Å². The number of hydrogen-bond donors (Lipinski definition) is 0. The van der Waals surface area contributed by atoms with Crippen LogP contribution >= 0.6 is 0 Å². The van der Waals surface area contributed by atoms with Gasteiger partial charge in [0.1, 0.15) is 12.1 Å². The Bertz CT molecular complexity index is 1140. The highest BCUT2D eigenvalue weighted by Crippen LogP contribution is 2.25. The van der Waals surface area contributed by atoms with Crippen LogP contribution in [0.5, 0.6) is 0 Å². The summed E-state index contributed by atoms with van der Waals surface area (Å²) in [5.74, 6) is 0.828. The summed E-state index contributed by atoms with van der Waals surface area (Å²) in [4.78, 5) is 11.4. The summed E-state index contributed by atoms with van der Waals surface area (Å²) in [7, 11) is -3.48. The lowest BCUT2D eigenvalue weighted by Gasteiger charge is -2.34. The van der Waals surface area contributed by atoms with Gasteiger partial charge in [0, 0.05) is 37.8 Å². The molecule has 31 heavy (non-hydrogen) atoms. The highest BCUT2D eigenvalue weighted by Gasteiger charge is 2.29. The van der Waals surface area contributed by atoms with Crippen LogP contribution in [-0.2, 0) is 16.4 Å². The Morgan fingerprint density at radius 2 is 1.65 bits per heavy atom. The van der Waals surface area contributed by atoms with E-state index in [1.165, 1.54) is 5.56 Å². The zero-order valence-electron chi connectivity index (χ0n) is 18.0. The number of nitrogens with zero attached hydrogens (tertiary/aromatic N) is 4. The van der Waals surface area contributed by atoms with Crippen LogP contribution in [0, 0.1) is 6.92 Å². The van der Waals surface area contributed by atoms with E-state index in [1.54, 1.807) is 22.8 Å². The predicted molar refractivity (Wildman–Crippen MR) is 124 cm³/mol. The molecule has 0 unspecified atom stereocenters. The first-order valence-corrected chi connectivity index (χ1v) is 12.1. The summed E-state index contributed by atoms with van der Waals surface area (Å²) in [6.07, 6.45) is 3.59. The van der Waals surface area contributed by atoms with Crippen molar-refractivity contribution in [1.82, 2.24) is 14.3 Å². The standard InChI is InChI=1S/C24H28N4O2S/c1-3-6-20-9-11-21(12-10-20)31(29,30)28-15-13-27(14-16-28)24-17-23(25-18-26-24)22-8-5-4-7-19(22)2/h4-5,7-12,17-18H,3,6,13-16H2,1-2H3. The molecule has 0 spiro atoms. The van der Waals surface area contributed by atoms with Gasteiger partial charge in [-0.1, -0.05) is 49.7 Å². The van der Waals surface area contributed by atoms with Gasteiger partial charge in [0.25, 0.3) is 0 Å². The molecule has 0 N–H and O–H groups in total. The smallest absolute Gasteiger partial charge is 0.243 e. The zero-order valence-corrected chi connectivity index (χ0v) is 18.8. The molecule has 1 aliphatic rings. The molecule has 0 amide bonds. The number of piperazine rings is 1. The van der Waals surface area contributed by atoms with Gasteiger partial charge in [-0.2, -0.15) is 4.31 Å². The van der Waals surface area contributed by atoms with Crippen molar-refractivity contribution in [2.24, 2.45) is 0 Å². The second-order valence-corrected chi connectivity index (χ2v) is 9.80. The number of anilines is 1. The van der Waals surface area contributed by atoms with Crippen molar-refractivity contribution in [3.05, 3.63) is 72.1 Å². The summed E-state index contributed by atoms with van der Waals surface area (Å²) in [5.41, 5.74) is 4.29. The molecule has 1 aliphatic heterocycles. The first-order chi connectivity index (χ1) is 15.0. The van der Waals surface area contributed by atoms with Gasteiger partial charge in [-0.3, -0.25) is 0 Å². The normalized spacial score (nSPS) is 15.2. The third-order valence-corrected chi connectivity index (χ3v) is 7.65. The van der Waals surface area contributed by atoms with E-state index in [9.17, 15) is 8.42 Å². The van der Waals surface area contributed by atoms with Crippen LogP contribution in [0.2, 0.25) is 0 Å². The maximum absolute atomic E-state index is 13.1. The summed E-state index contributed by atoms with van der Waals surface area (Å²) >= 11 is 0. The van der Waals surface area contributed by atoms with Gasteiger partial charge in [0.2, 0.25) is 10.0 Å². The van der Waals surface area contributed by atoms with Crippen molar-refractivity contribution in [1.29, 1.82) is 0 Å². The molecule has 0 atom stereocenters. The number of aromatic nitrogens is 2. The van der Waals surface area contributed by atoms with Crippen LogP contribution in [0.3, 0.4) is 0 Å². The third kappa shape index (κ3) is 4.62. The van der Waals surface area contributed by atoms with E-state index in [0.717, 1.165) is 35.5 Å². The fourth-order valence-corrected chi connectivity index (χ4v) is 5.37. The second-order valence-electron chi connectivity index (χ2n) is 7.86. The van der Waals surface area contributed by atoms with Crippen LogP contribution in [0.4, 0.5) is 5.82 Å². The topological polar surface area (TPSA) is 66.4 Å². The fraction of sp³-hybridized carbons (Fsp3) is 0.333. The van der Waals surface area contributed by atoms with E-state index in [-0.39, 0.29) is 0 Å². The van der Waals surface area contributed by atoms with E-state index in [2.05, 4.69) is 40.8 Å². The number of hydrogen-bond acceptors (Lipinski definition) is 5. The lowest BCUT2D eigenvalue weighted by atomic mass is 10.1. The molecular formula is C24H28N4O2S. The molecule has 2 heterocycles. The molecule has 1 aromatic heterocycles. The monoisotopic (exact) mass is 436 g/mol.